The quantitative estimate of drug-likeness (QED) is 0.416. The highest BCUT2D eigenvalue weighted by molar-refractivity contribution is 7.86. The Balaban J connectivity index is 2.94. The molecule has 0 radical (unpaired) electrons. The average molecular weight is 188 g/mol. The molecule has 1 rings (SSSR count). The molecule has 2 atom stereocenters. The maximum atomic E-state index is 11.1. The molecule has 0 aliphatic carbocycles. The summed E-state index contributed by atoms with van der Waals surface area (Å²) in [6.07, 6.45) is 5.78. The molecule has 0 aromatic rings. The summed E-state index contributed by atoms with van der Waals surface area (Å²) in [5.74, 6) is 2.51. The van der Waals surface area contributed by atoms with Crippen LogP contribution >= 0.6 is 0 Å². The summed E-state index contributed by atoms with van der Waals surface area (Å²) in [6.45, 7) is 3.48. The predicted octanol–water partition coefficient (Wildman–Crippen LogP) is 0.764. The minimum Gasteiger partial charge on any atom is -0.251 e. The lowest BCUT2D eigenvalue weighted by Crippen LogP contribution is -2.40. The molecule has 0 saturated carbocycles. The lowest BCUT2D eigenvalue weighted by Gasteiger charge is -2.31. The molecule has 0 aromatic carbocycles. The topological polar surface area (TPSA) is 43.4 Å². The van der Waals surface area contributed by atoms with Gasteiger partial charge in [-0.15, -0.1) is 6.42 Å². The van der Waals surface area contributed by atoms with Crippen LogP contribution in [0.5, 0.6) is 0 Å². The highest BCUT2D eigenvalue weighted by Crippen LogP contribution is 2.29. The Hall–Kier alpha value is -0.530. The zero-order valence-electron chi connectivity index (χ0n) is 7.20. The molecule has 2 unspecified atom stereocenters. The molecule has 1 aliphatic heterocycles. The molecular formula is C8H12O3S. The van der Waals surface area contributed by atoms with Crippen molar-refractivity contribution in [2.24, 2.45) is 5.92 Å². The molecule has 0 aromatic heterocycles. The molecular weight excluding hydrogens is 176 g/mol. The van der Waals surface area contributed by atoms with Gasteiger partial charge in [0.05, 0.1) is 5.75 Å². The van der Waals surface area contributed by atoms with Crippen molar-refractivity contribution in [3.8, 4) is 12.3 Å². The highest BCUT2D eigenvalue weighted by Gasteiger charge is 2.37. The van der Waals surface area contributed by atoms with Gasteiger partial charge in [-0.1, -0.05) is 12.8 Å². The molecule has 0 bridgehead atoms. The predicted molar refractivity (Wildman–Crippen MR) is 45.9 cm³/mol. The summed E-state index contributed by atoms with van der Waals surface area (Å²) in [7, 11) is -3.39. The fourth-order valence-corrected chi connectivity index (χ4v) is 3.06. The van der Waals surface area contributed by atoms with Crippen molar-refractivity contribution < 1.29 is 12.6 Å². The Morgan fingerprint density at radius 2 is 2.25 bits per heavy atom. The zero-order chi connectivity index (χ0) is 9.41. The monoisotopic (exact) mass is 188 g/mol. The van der Waals surface area contributed by atoms with E-state index in [9.17, 15) is 8.42 Å². The van der Waals surface area contributed by atoms with Gasteiger partial charge in [-0.3, -0.25) is 4.18 Å². The molecule has 0 spiro atoms. The van der Waals surface area contributed by atoms with Crippen LogP contribution in [0.2, 0.25) is 0 Å². The van der Waals surface area contributed by atoms with E-state index < -0.39 is 15.7 Å². The largest absolute Gasteiger partial charge is 0.269 e. The standard InChI is InChI=1S/C8H12O3S/c1-4-8(3)5-7(2)6-12(9,10)11-8/h1,7H,5-6H2,2-3H3. The van der Waals surface area contributed by atoms with E-state index in [4.69, 9.17) is 10.6 Å². The lowest BCUT2D eigenvalue weighted by molar-refractivity contribution is 0.114. The zero-order valence-corrected chi connectivity index (χ0v) is 8.02. The van der Waals surface area contributed by atoms with Crippen LogP contribution in [0.4, 0.5) is 0 Å². The number of rotatable bonds is 0. The van der Waals surface area contributed by atoms with Crippen molar-refractivity contribution in [2.45, 2.75) is 25.9 Å². The molecule has 1 fully saturated rings. The van der Waals surface area contributed by atoms with Crippen LogP contribution in [-0.2, 0) is 14.3 Å². The third-order valence-corrected chi connectivity index (χ3v) is 3.44. The van der Waals surface area contributed by atoms with E-state index in [1.54, 1.807) is 6.92 Å². The minimum atomic E-state index is -3.39. The summed E-state index contributed by atoms with van der Waals surface area (Å²) < 4.78 is 27.1. The van der Waals surface area contributed by atoms with Gasteiger partial charge in [0.15, 0.2) is 0 Å². The Kier molecular flexibility index (Phi) is 2.19. The molecule has 0 amide bonds. The minimum absolute atomic E-state index is 0.0737. The highest BCUT2D eigenvalue weighted by atomic mass is 32.2. The van der Waals surface area contributed by atoms with E-state index in [-0.39, 0.29) is 11.7 Å². The van der Waals surface area contributed by atoms with Gasteiger partial charge >= 0.3 is 0 Å². The van der Waals surface area contributed by atoms with Crippen molar-refractivity contribution in [1.82, 2.24) is 0 Å². The number of hydrogen-bond acceptors (Lipinski definition) is 3. The van der Waals surface area contributed by atoms with E-state index in [0.29, 0.717) is 6.42 Å². The number of terminal acetylenes is 1. The van der Waals surface area contributed by atoms with Gasteiger partial charge in [0.1, 0.15) is 5.60 Å². The fraction of sp³-hybridized carbons (Fsp3) is 0.750. The normalized spacial score (nSPS) is 40.2. The van der Waals surface area contributed by atoms with Crippen LogP contribution < -0.4 is 0 Å². The van der Waals surface area contributed by atoms with E-state index in [0.717, 1.165) is 0 Å². The fourth-order valence-electron chi connectivity index (χ4n) is 1.50. The SMILES string of the molecule is C#CC1(C)CC(C)CS(=O)(=O)O1. The second-order valence-electron chi connectivity index (χ2n) is 3.49. The van der Waals surface area contributed by atoms with Gasteiger partial charge in [-0.25, -0.2) is 0 Å². The Bertz CT molecular complexity index is 312. The average Bonchev–Trinajstić information content (AvgIpc) is 1.82. The Labute approximate surface area is 73.2 Å². The van der Waals surface area contributed by atoms with Crippen LogP contribution in [0.3, 0.4) is 0 Å². The third-order valence-electron chi connectivity index (χ3n) is 1.84. The molecule has 1 saturated heterocycles. The van der Waals surface area contributed by atoms with Crippen LogP contribution in [0.25, 0.3) is 0 Å². The van der Waals surface area contributed by atoms with Crippen molar-refractivity contribution in [1.29, 1.82) is 0 Å². The van der Waals surface area contributed by atoms with Gasteiger partial charge in [-0.05, 0) is 19.3 Å². The van der Waals surface area contributed by atoms with Gasteiger partial charge in [-0.2, -0.15) is 8.42 Å². The van der Waals surface area contributed by atoms with Crippen LogP contribution in [-0.4, -0.2) is 19.8 Å². The van der Waals surface area contributed by atoms with Crippen molar-refractivity contribution in [3.63, 3.8) is 0 Å². The maximum Gasteiger partial charge on any atom is 0.269 e. The molecule has 68 valence electrons. The summed E-state index contributed by atoms with van der Waals surface area (Å²) in [5.41, 5.74) is -0.934. The second kappa shape index (κ2) is 2.75. The molecule has 1 aliphatic rings. The van der Waals surface area contributed by atoms with Gasteiger partial charge in [0.25, 0.3) is 10.1 Å². The molecule has 3 nitrogen and oxygen atoms in total. The van der Waals surface area contributed by atoms with Crippen molar-refractivity contribution in [2.75, 3.05) is 5.75 Å². The van der Waals surface area contributed by atoms with Crippen molar-refractivity contribution in [3.05, 3.63) is 0 Å². The molecule has 0 N–H and O–H groups in total. The molecule has 1 heterocycles. The van der Waals surface area contributed by atoms with Crippen molar-refractivity contribution >= 4 is 10.1 Å². The summed E-state index contributed by atoms with van der Waals surface area (Å²) >= 11 is 0. The Morgan fingerprint density at radius 3 is 2.67 bits per heavy atom. The third kappa shape index (κ3) is 1.99. The summed E-state index contributed by atoms with van der Waals surface area (Å²) in [6, 6.07) is 0. The van der Waals surface area contributed by atoms with Gasteiger partial charge < -0.3 is 0 Å². The Morgan fingerprint density at radius 1 is 1.67 bits per heavy atom. The number of hydrogen-bond donors (Lipinski definition) is 0. The second-order valence-corrected chi connectivity index (χ2v) is 5.11. The van der Waals surface area contributed by atoms with Gasteiger partial charge in [0.2, 0.25) is 0 Å². The van der Waals surface area contributed by atoms with Crippen LogP contribution in [0.1, 0.15) is 20.3 Å². The van der Waals surface area contributed by atoms with Gasteiger partial charge in [0, 0.05) is 0 Å². The first kappa shape index (κ1) is 9.56. The molecule has 12 heavy (non-hydrogen) atoms. The summed E-state index contributed by atoms with van der Waals surface area (Å²) in [5, 5.41) is 0. The summed E-state index contributed by atoms with van der Waals surface area (Å²) in [4.78, 5) is 0. The lowest BCUT2D eigenvalue weighted by atomic mass is 9.95. The van der Waals surface area contributed by atoms with E-state index in [1.807, 2.05) is 6.92 Å². The van der Waals surface area contributed by atoms with E-state index >= 15 is 0 Å². The smallest absolute Gasteiger partial charge is 0.251 e. The maximum absolute atomic E-state index is 11.1. The van der Waals surface area contributed by atoms with Crippen LogP contribution in [0, 0.1) is 18.3 Å². The van der Waals surface area contributed by atoms with Crippen LogP contribution in [0.15, 0.2) is 0 Å². The van der Waals surface area contributed by atoms with E-state index in [2.05, 4.69) is 5.92 Å². The first-order valence-corrected chi connectivity index (χ1v) is 5.36. The first-order valence-electron chi connectivity index (χ1n) is 3.78. The van der Waals surface area contributed by atoms with E-state index in [1.165, 1.54) is 0 Å². The molecule has 4 heteroatoms. The first-order chi connectivity index (χ1) is 5.37.